The first kappa shape index (κ1) is 31.0. The average molecular weight is 629 g/mol. The molecule has 0 fully saturated rings. The van der Waals surface area contributed by atoms with Gasteiger partial charge in [-0.3, -0.25) is 14.2 Å². The first-order valence-electron chi connectivity index (χ1n) is 13.8. The number of ether oxygens (including phenoxy) is 1. The first-order valence-corrected chi connectivity index (χ1v) is 13.8. The molecule has 2 aromatic carbocycles. The van der Waals surface area contributed by atoms with Crippen LogP contribution < -0.4 is 26.6 Å². The minimum atomic E-state index is -1.37. The minimum absolute atomic E-state index is 0.00162. The molecule has 0 saturated heterocycles. The molecule has 0 radical (unpaired) electrons. The van der Waals surface area contributed by atoms with Gasteiger partial charge in [0.25, 0.3) is 11.6 Å². The van der Waals surface area contributed by atoms with E-state index in [1.807, 2.05) is 11.9 Å². The van der Waals surface area contributed by atoms with E-state index in [1.54, 1.807) is 48.7 Å². The molecular formula is C29H28N10O7. The van der Waals surface area contributed by atoms with Crippen molar-refractivity contribution in [1.82, 2.24) is 30.4 Å². The van der Waals surface area contributed by atoms with E-state index in [9.17, 15) is 24.7 Å². The maximum Gasteiger partial charge on any atom is 0.326 e. The van der Waals surface area contributed by atoms with Crippen LogP contribution in [0.25, 0.3) is 22.4 Å². The van der Waals surface area contributed by atoms with Crippen molar-refractivity contribution >= 4 is 46.5 Å². The van der Waals surface area contributed by atoms with Crippen molar-refractivity contribution in [3.8, 4) is 11.3 Å². The number of nitrogens with two attached hydrogens (primary N) is 2. The molecule has 46 heavy (non-hydrogen) atoms. The van der Waals surface area contributed by atoms with Gasteiger partial charge in [-0.2, -0.15) is 9.97 Å². The number of hydrogen-bond donors (Lipinski definition) is 4. The predicted molar refractivity (Wildman–Crippen MR) is 161 cm³/mol. The molecule has 0 aliphatic heterocycles. The van der Waals surface area contributed by atoms with Crippen LogP contribution in [0.4, 0.5) is 17.5 Å². The monoisotopic (exact) mass is 628 g/mol. The molecule has 0 spiro atoms. The summed E-state index contributed by atoms with van der Waals surface area (Å²) in [5.74, 6) is -2.63. The van der Waals surface area contributed by atoms with Crippen molar-refractivity contribution in [2.75, 3.05) is 23.4 Å². The Morgan fingerprint density at radius 1 is 1.09 bits per heavy atom. The van der Waals surface area contributed by atoms with E-state index >= 15 is 0 Å². The van der Waals surface area contributed by atoms with Crippen LogP contribution in [-0.2, 0) is 27.5 Å². The van der Waals surface area contributed by atoms with E-state index in [4.69, 9.17) is 16.2 Å². The highest BCUT2D eigenvalue weighted by molar-refractivity contribution is 5.97. The number of carboxylic acid groups (broad SMARTS) is 1. The number of carbonyl (C=O) groups is 3. The van der Waals surface area contributed by atoms with Gasteiger partial charge in [-0.25, -0.2) is 14.8 Å². The lowest BCUT2D eigenvalue weighted by atomic mass is 10.1. The molecule has 0 aliphatic rings. The second-order valence-electron chi connectivity index (χ2n) is 10.1. The smallest absolute Gasteiger partial charge is 0.326 e. The number of aliphatic carboxylic acids is 1. The Morgan fingerprint density at radius 2 is 1.83 bits per heavy atom. The topological polar surface area (TPSA) is 253 Å². The summed E-state index contributed by atoms with van der Waals surface area (Å²) in [6, 6.07) is 13.8. The van der Waals surface area contributed by atoms with Gasteiger partial charge in [-0.15, -0.1) is 0 Å². The van der Waals surface area contributed by atoms with E-state index in [2.05, 4.69) is 35.0 Å². The van der Waals surface area contributed by atoms with Gasteiger partial charge in [0.05, 0.1) is 18.4 Å². The van der Waals surface area contributed by atoms with E-state index in [1.165, 1.54) is 12.1 Å². The molecule has 17 nitrogen and oxygen atoms in total. The van der Waals surface area contributed by atoms with E-state index in [0.717, 1.165) is 5.69 Å². The minimum Gasteiger partial charge on any atom is -0.480 e. The lowest BCUT2D eigenvalue weighted by Crippen LogP contribution is -2.41. The summed E-state index contributed by atoms with van der Waals surface area (Å²) >= 11 is 0. The van der Waals surface area contributed by atoms with Gasteiger partial charge in [-0.1, -0.05) is 30.3 Å². The van der Waals surface area contributed by atoms with Gasteiger partial charge >= 0.3 is 11.9 Å². The third-order valence-corrected chi connectivity index (χ3v) is 6.83. The Labute approximate surface area is 260 Å². The van der Waals surface area contributed by atoms with E-state index < -0.39 is 30.5 Å². The molecule has 236 valence electrons. The van der Waals surface area contributed by atoms with Crippen molar-refractivity contribution in [3.05, 3.63) is 83.0 Å². The SMILES string of the molecule is CN(Cc1cnc2nc(N)nc(N)c2n1)c1ccc(C(=O)N[C@@H](CCC(=O)OCc2c(-c3ccccc3)no[n+]2[O-])C(=O)O)cc1. The van der Waals surface area contributed by atoms with Gasteiger partial charge in [0, 0.05) is 35.4 Å². The second-order valence-corrected chi connectivity index (χ2v) is 10.1. The van der Waals surface area contributed by atoms with Gasteiger partial charge in [0.15, 0.2) is 23.6 Å². The molecule has 5 aromatic rings. The summed E-state index contributed by atoms with van der Waals surface area (Å²) < 4.78 is 9.80. The number of amides is 1. The van der Waals surface area contributed by atoms with Crippen molar-refractivity contribution in [3.63, 3.8) is 0 Å². The summed E-state index contributed by atoms with van der Waals surface area (Å²) in [4.78, 5) is 55.7. The van der Waals surface area contributed by atoms with Crippen LogP contribution >= 0.6 is 0 Å². The van der Waals surface area contributed by atoms with Crippen molar-refractivity contribution in [1.29, 1.82) is 0 Å². The molecule has 0 unspecified atom stereocenters. The Kier molecular flexibility index (Phi) is 9.11. The highest BCUT2D eigenvalue weighted by atomic mass is 16.8. The van der Waals surface area contributed by atoms with Crippen molar-refractivity contribution in [2.45, 2.75) is 32.0 Å². The molecule has 3 heterocycles. The average Bonchev–Trinajstić information content (AvgIpc) is 3.42. The van der Waals surface area contributed by atoms with Gasteiger partial charge < -0.3 is 36.7 Å². The third kappa shape index (κ3) is 7.21. The number of esters is 1. The summed E-state index contributed by atoms with van der Waals surface area (Å²) in [5.41, 5.74) is 14.4. The fourth-order valence-corrected chi connectivity index (χ4v) is 4.45. The number of rotatable bonds is 12. The number of anilines is 3. The number of fused-ring (bicyclic) bond motifs is 1. The molecule has 1 amide bonds. The fourth-order valence-electron chi connectivity index (χ4n) is 4.45. The largest absolute Gasteiger partial charge is 0.480 e. The standard InChI is InChI=1S/C29H28N10O7/c1-38(14-18-13-32-26-24(33-18)25(30)35-29(31)36-26)19-9-7-17(8-10-19)27(41)34-20(28(42)43)11-12-22(40)45-15-21-23(37-46-39(21)44)16-5-3-2-4-6-16/h2-10,13,20H,11-12,14-15H2,1H3,(H,34,41)(H,42,43)(H4,30,31,32,35,36)/t20-/m0/s1. The van der Waals surface area contributed by atoms with Crippen LogP contribution in [0.1, 0.15) is 34.6 Å². The summed E-state index contributed by atoms with van der Waals surface area (Å²) in [7, 11) is 1.81. The Morgan fingerprint density at radius 3 is 2.54 bits per heavy atom. The van der Waals surface area contributed by atoms with E-state index in [0.29, 0.717) is 23.3 Å². The highest BCUT2D eigenvalue weighted by Crippen LogP contribution is 2.21. The Hall–Kier alpha value is -6.39. The number of nitrogens with one attached hydrogen (secondary N) is 1. The number of nitrogen functional groups attached to an aromatic ring is 2. The fraction of sp³-hybridized carbons (Fsp3) is 0.207. The molecule has 5 rings (SSSR count). The van der Waals surface area contributed by atoms with Gasteiger partial charge in [-0.05, 0) is 35.6 Å². The molecule has 6 N–H and O–H groups in total. The van der Waals surface area contributed by atoms with Gasteiger partial charge in [0.2, 0.25) is 11.6 Å². The molecule has 0 saturated carbocycles. The zero-order chi connectivity index (χ0) is 32.8. The van der Waals surface area contributed by atoms with E-state index in [-0.39, 0.29) is 52.1 Å². The van der Waals surface area contributed by atoms with Crippen LogP contribution in [0.15, 0.2) is 65.4 Å². The van der Waals surface area contributed by atoms with Crippen LogP contribution in [0.5, 0.6) is 0 Å². The summed E-state index contributed by atoms with van der Waals surface area (Å²) in [5, 5.41) is 27.8. The zero-order valence-corrected chi connectivity index (χ0v) is 24.4. The normalized spacial score (nSPS) is 11.6. The third-order valence-electron chi connectivity index (χ3n) is 6.83. The lowest BCUT2D eigenvalue weighted by molar-refractivity contribution is -0.808. The lowest BCUT2D eigenvalue weighted by Gasteiger charge is -2.19. The van der Waals surface area contributed by atoms with Crippen LogP contribution in [0.2, 0.25) is 0 Å². The highest BCUT2D eigenvalue weighted by Gasteiger charge is 2.25. The number of nitrogens with zero attached hydrogens (tertiary/aromatic N) is 7. The molecular weight excluding hydrogens is 600 g/mol. The number of benzene rings is 2. The number of carboxylic acids is 1. The van der Waals surface area contributed by atoms with Gasteiger partial charge in [0.1, 0.15) is 6.04 Å². The number of aromatic nitrogens is 6. The maximum atomic E-state index is 12.8. The maximum absolute atomic E-state index is 12.8. The summed E-state index contributed by atoms with van der Waals surface area (Å²) in [6.07, 6.45) is 0.960. The first-order chi connectivity index (χ1) is 22.1. The van der Waals surface area contributed by atoms with Crippen LogP contribution in [-0.4, -0.2) is 61.1 Å². The number of carbonyl (C=O) groups excluding carboxylic acids is 2. The second kappa shape index (κ2) is 13.5. The molecule has 17 heteroatoms. The van der Waals surface area contributed by atoms with Crippen LogP contribution in [0, 0.1) is 5.21 Å². The molecule has 0 bridgehead atoms. The zero-order valence-electron chi connectivity index (χ0n) is 24.4. The predicted octanol–water partition coefficient (Wildman–Crippen LogP) is 1.22. The Balaban J connectivity index is 1.14. The molecule has 3 aromatic heterocycles. The molecule has 0 aliphatic carbocycles. The quantitative estimate of drug-likeness (QED) is 0.112. The Bertz CT molecular complexity index is 1880. The van der Waals surface area contributed by atoms with Crippen molar-refractivity contribution in [2.24, 2.45) is 0 Å². The molecule has 1 atom stereocenters. The van der Waals surface area contributed by atoms with Crippen molar-refractivity contribution < 1.29 is 33.8 Å². The number of hydrogen-bond acceptors (Lipinski definition) is 14. The summed E-state index contributed by atoms with van der Waals surface area (Å²) in [6.45, 7) is -0.0963. The van der Waals surface area contributed by atoms with Crippen LogP contribution in [0.3, 0.4) is 0 Å².